The Morgan fingerprint density at radius 3 is 2.60 bits per heavy atom. The molecule has 0 aromatic carbocycles. The molecule has 3 N–H and O–H groups in total. The maximum absolute atomic E-state index is 11.8. The van der Waals surface area contributed by atoms with Gasteiger partial charge < -0.3 is 20.7 Å². The van der Waals surface area contributed by atoms with Crippen LogP contribution in [0.2, 0.25) is 0 Å². The van der Waals surface area contributed by atoms with Gasteiger partial charge in [0.25, 0.3) is 0 Å². The van der Waals surface area contributed by atoms with Crippen molar-refractivity contribution in [3.05, 3.63) is 0 Å². The first-order valence-corrected chi connectivity index (χ1v) is 10.7. The number of rotatable bonds is 10. The van der Waals surface area contributed by atoms with E-state index in [9.17, 15) is 13.2 Å². The van der Waals surface area contributed by atoms with Gasteiger partial charge in [0.15, 0.2) is 15.8 Å². The molecule has 0 radical (unpaired) electrons. The molecule has 0 aromatic heterocycles. The Morgan fingerprint density at radius 2 is 2.00 bits per heavy atom. The first-order valence-electron chi connectivity index (χ1n) is 8.84. The molecule has 1 aliphatic rings. The van der Waals surface area contributed by atoms with E-state index in [1.165, 1.54) is 0 Å². The summed E-state index contributed by atoms with van der Waals surface area (Å²) in [5, 5.41) is 9.00. The lowest BCUT2D eigenvalue weighted by atomic mass is 10.2. The summed E-state index contributed by atoms with van der Waals surface area (Å²) in [6.45, 7) is 6.88. The number of carbonyl (C=O) groups excluding carboxylic acids is 1. The number of carbonyl (C=O) groups is 1. The Morgan fingerprint density at radius 1 is 1.28 bits per heavy atom. The molecular formula is C16H32N4O4S. The molecule has 25 heavy (non-hydrogen) atoms. The van der Waals surface area contributed by atoms with Crippen molar-refractivity contribution in [1.82, 2.24) is 16.0 Å². The second-order valence-corrected chi connectivity index (χ2v) is 8.89. The van der Waals surface area contributed by atoms with Crippen LogP contribution in [0.15, 0.2) is 4.99 Å². The van der Waals surface area contributed by atoms with E-state index in [0.717, 1.165) is 19.6 Å². The van der Waals surface area contributed by atoms with E-state index >= 15 is 0 Å². The van der Waals surface area contributed by atoms with Crippen molar-refractivity contribution in [2.75, 3.05) is 44.9 Å². The van der Waals surface area contributed by atoms with Crippen molar-refractivity contribution < 1.29 is 17.9 Å². The Bertz CT molecular complexity index is 534. The van der Waals surface area contributed by atoms with Gasteiger partial charge in [-0.15, -0.1) is 0 Å². The summed E-state index contributed by atoms with van der Waals surface area (Å²) in [5.74, 6) is 1.24. The first kappa shape index (κ1) is 21.7. The summed E-state index contributed by atoms with van der Waals surface area (Å²) in [6.07, 6.45) is 1.66. The highest BCUT2D eigenvalue weighted by atomic mass is 32.2. The molecule has 0 spiro atoms. The van der Waals surface area contributed by atoms with Crippen LogP contribution < -0.4 is 16.0 Å². The molecule has 8 nitrogen and oxygen atoms in total. The molecule has 1 amide bonds. The summed E-state index contributed by atoms with van der Waals surface area (Å²) in [7, 11) is -1.30. The van der Waals surface area contributed by atoms with Crippen molar-refractivity contribution in [3.63, 3.8) is 0 Å². The quantitative estimate of drug-likeness (QED) is 0.279. The number of nitrogens with zero attached hydrogens (tertiary/aromatic N) is 1. The average molecular weight is 377 g/mol. The molecule has 146 valence electrons. The van der Waals surface area contributed by atoms with Gasteiger partial charge >= 0.3 is 0 Å². The average Bonchev–Trinajstić information content (AvgIpc) is 2.87. The molecule has 0 bridgehead atoms. The van der Waals surface area contributed by atoms with E-state index in [1.807, 2.05) is 0 Å². The lowest BCUT2D eigenvalue weighted by Gasteiger charge is -2.13. The van der Waals surface area contributed by atoms with Gasteiger partial charge in [0, 0.05) is 45.8 Å². The molecular weight excluding hydrogens is 344 g/mol. The summed E-state index contributed by atoms with van der Waals surface area (Å²) in [6, 6.07) is -0.249. The van der Waals surface area contributed by atoms with Crippen LogP contribution in [0.3, 0.4) is 0 Å². The molecule has 1 fully saturated rings. The normalized spacial score (nSPS) is 19.8. The van der Waals surface area contributed by atoms with E-state index in [0.29, 0.717) is 31.4 Å². The minimum Gasteiger partial charge on any atom is -0.381 e. The van der Waals surface area contributed by atoms with Crippen LogP contribution in [0, 0.1) is 5.92 Å². The Balaban J connectivity index is 2.09. The molecule has 0 aromatic rings. The number of hydrogen-bond acceptors (Lipinski definition) is 5. The number of guanidine groups is 1. The highest BCUT2D eigenvalue weighted by Crippen LogP contribution is 2.11. The van der Waals surface area contributed by atoms with E-state index in [1.54, 1.807) is 7.05 Å². The molecule has 0 saturated carbocycles. The van der Waals surface area contributed by atoms with Gasteiger partial charge in [-0.1, -0.05) is 13.8 Å². The third-order valence-corrected chi connectivity index (χ3v) is 5.44. The number of aliphatic imine (C=N–C) groups is 1. The van der Waals surface area contributed by atoms with Crippen LogP contribution in [0.4, 0.5) is 0 Å². The minimum atomic E-state index is -2.97. The van der Waals surface area contributed by atoms with Gasteiger partial charge in [-0.25, -0.2) is 8.42 Å². The fraction of sp³-hybridized carbons (Fsp3) is 0.875. The lowest BCUT2D eigenvalue weighted by molar-refractivity contribution is -0.121. The van der Waals surface area contributed by atoms with Crippen molar-refractivity contribution in [3.8, 4) is 0 Å². The molecule has 0 aliphatic carbocycles. The van der Waals surface area contributed by atoms with Gasteiger partial charge in [-0.2, -0.15) is 0 Å². The fourth-order valence-corrected chi connectivity index (χ4v) is 4.10. The summed E-state index contributed by atoms with van der Waals surface area (Å²) in [4.78, 5) is 15.9. The second kappa shape index (κ2) is 11.3. The second-order valence-electron chi connectivity index (χ2n) is 6.67. The zero-order chi connectivity index (χ0) is 18.7. The number of ether oxygens (including phenoxy) is 1. The number of hydrogen-bond donors (Lipinski definition) is 3. The van der Waals surface area contributed by atoms with Crippen LogP contribution in [0.25, 0.3) is 0 Å². The van der Waals surface area contributed by atoms with Gasteiger partial charge in [-0.05, 0) is 18.8 Å². The predicted octanol–water partition coefficient (Wildman–Crippen LogP) is -0.0925. The van der Waals surface area contributed by atoms with E-state index in [2.05, 4.69) is 34.8 Å². The van der Waals surface area contributed by atoms with Gasteiger partial charge in [-0.3, -0.25) is 9.79 Å². The van der Waals surface area contributed by atoms with Crippen molar-refractivity contribution in [1.29, 1.82) is 0 Å². The molecule has 1 atom stereocenters. The topological polar surface area (TPSA) is 109 Å². The van der Waals surface area contributed by atoms with Crippen LogP contribution >= 0.6 is 0 Å². The summed E-state index contributed by atoms with van der Waals surface area (Å²) >= 11 is 0. The molecule has 1 aliphatic heterocycles. The zero-order valence-electron chi connectivity index (χ0n) is 15.5. The van der Waals surface area contributed by atoms with Gasteiger partial charge in [0.05, 0.1) is 11.5 Å². The first-order chi connectivity index (χ1) is 11.8. The maximum Gasteiger partial charge on any atom is 0.222 e. The summed E-state index contributed by atoms with van der Waals surface area (Å²) in [5.41, 5.74) is 0. The van der Waals surface area contributed by atoms with Crippen molar-refractivity contribution >= 4 is 21.7 Å². The lowest BCUT2D eigenvalue weighted by Crippen LogP contribution is -2.41. The number of nitrogens with one attached hydrogen (secondary N) is 3. The summed E-state index contributed by atoms with van der Waals surface area (Å²) < 4.78 is 28.2. The fourth-order valence-electron chi connectivity index (χ4n) is 2.42. The van der Waals surface area contributed by atoms with E-state index < -0.39 is 9.84 Å². The van der Waals surface area contributed by atoms with Crippen molar-refractivity contribution in [2.24, 2.45) is 10.9 Å². The Hall–Kier alpha value is -1.35. The smallest absolute Gasteiger partial charge is 0.222 e. The molecule has 1 heterocycles. The van der Waals surface area contributed by atoms with Crippen molar-refractivity contribution in [2.45, 2.75) is 39.2 Å². The predicted molar refractivity (Wildman–Crippen MR) is 99.5 cm³/mol. The third kappa shape index (κ3) is 10.3. The van der Waals surface area contributed by atoms with Gasteiger partial charge in [0.2, 0.25) is 5.91 Å². The van der Waals surface area contributed by atoms with Crippen LogP contribution in [-0.4, -0.2) is 71.2 Å². The van der Waals surface area contributed by atoms with Crippen LogP contribution in [-0.2, 0) is 19.4 Å². The molecule has 1 rings (SSSR count). The van der Waals surface area contributed by atoms with Crippen LogP contribution in [0.5, 0.6) is 0 Å². The Kier molecular flexibility index (Phi) is 9.81. The largest absolute Gasteiger partial charge is 0.381 e. The standard InChI is InChI=1S/C16H32N4O4S/c1-13(2)11-24-9-4-7-18-16(17-3)19-8-5-15(21)20-14-6-10-25(22,23)12-14/h13-14H,4-12H2,1-3H3,(H,20,21)(H2,17,18,19). The van der Waals surface area contributed by atoms with E-state index in [4.69, 9.17) is 4.74 Å². The van der Waals surface area contributed by atoms with Crippen LogP contribution in [0.1, 0.15) is 33.1 Å². The monoisotopic (exact) mass is 376 g/mol. The number of amides is 1. The van der Waals surface area contributed by atoms with E-state index in [-0.39, 0.29) is 29.9 Å². The Labute approximate surface area is 151 Å². The zero-order valence-corrected chi connectivity index (χ0v) is 16.3. The SMILES string of the molecule is CN=C(NCCCOCC(C)C)NCCC(=O)NC1CCS(=O)(=O)C1. The molecule has 9 heteroatoms. The highest BCUT2D eigenvalue weighted by Gasteiger charge is 2.28. The molecule has 1 saturated heterocycles. The third-order valence-electron chi connectivity index (χ3n) is 3.67. The molecule has 1 unspecified atom stereocenters. The highest BCUT2D eigenvalue weighted by molar-refractivity contribution is 7.91. The minimum absolute atomic E-state index is 0.0499. The van der Waals surface area contributed by atoms with Gasteiger partial charge in [0.1, 0.15) is 0 Å². The maximum atomic E-state index is 11.8. The number of sulfone groups is 1.